The molecular weight excluding hydrogens is 292 g/mol. The van der Waals surface area contributed by atoms with E-state index >= 15 is 0 Å². The van der Waals surface area contributed by atoms with Crippen molar-refractivity contribution < 1.29 is 19.4 Å². The Hall–Kier alpha value is -2.07. The number of rotatable bonds is 5. The van der Waals surface area contributed by atoms with Crippen LogP contribution in [0.4, 0.5) is 0 Å². The molecule has 0 aromatic heterocycles. The van der Waals surface area contributed by atoms with Crippen molar-refractivity contribution in [2.45, 2.75) is 32.6 Å². The lowest BCUT2D eigenvalue weighted by molar-refractivity contribution is -0.142. The zero-order valence-corrected chi connectivity index (χ0v) is 13.5. The third-order valence-corrected chi connectivity index (χ3v) is 4.23. The molecule has 1 aliphatic rings. The third kappa shape index (κ3) is 4.96. The molecule has 4 nitrogen and oxygen atoms in total. The molecule has 1 saturated carbocycles. The molecule has 0 unspecified atom stereocenters. The zero-order valence-electron chi connectivity index (χ0n) is 13.5. The number of ether oxygens (including phenoxy) is 2. The molecule has 0 radical (unpaired) electrons. The predicted octanol–water partition coefficient (Wildman–Crippen LogP) is 2.05. The summed E-state index contributed by atoms with van der Waals surface area (Å²) in [5.41, 5.74) is 0. The van der Waals surface area contributed by atoms with Crippen molar-refractivity contribution in [3.05, 3.63) is 47.0 Å². The number of benzene rings is 1. The summed E-state index contributed by atoms with van der Waals surface area (Å²) in [5, 5.41) is 10.2. The molecule has 0 heterocycles. The second-order valence-electron chi connectivity index (χ2n) is 6.00. The monoisotopic (exact) mass is 316 g/mol. The van der Waals surface area contributed by atoms with Gasteiger partial charge in [-0.1, -0.05) is 37.8 Å². The lowest BCUT2D eigenvalue weighted by Gasteiger charge is -2.24. The van der Waals surface area contributed by atoms with Crippen LogP contribution in [0.5, 0.6) is 0 Å². The molecule has 124 valence electrons. The molecular formula is C19H24O4. The zero-order chi connectivity index (χ0) is 16.7. The smallest absolute Gasteiger partial charge is 0.314 e. The van der Waals surface area contributed by atoms with Crippen LogP contribution < -0.4 is 10.4 Å². The molecule has 1 aromatic rings. The van der Waals surface area contributed by atoms with Gasteiger partial charge in [0.15, 0.2) is 6.79 Å². The number of aliphatic hydroxyl groups excluding tert-OH is 1. The van der Waals surface area contributed by atoms with E-state index in [1.165, 1.54) is 6.26 Å². The van der Waals surface area contributed by atoms with Gasteiger partial charge in [0.25, 0.3) is 0 Å². The molecule has 1 aliphatic carbocycles. The van der Waals surface area contributed by atoms with Crippen molar-refractivity contribution >= 4 is 18.3 Å². The van der Waals surface area contributed by atoms with Crippen LogP contribution in [-0.2, 0) is 14.3 Å². The maximum Gasteiger partial charge on any atom is 0.314 e. The maximum atomic E-state index is 12.4. The molecule has 4 heteroatoms. The first-order valence-corrected chi connectivity index (χ1v) is 8.00. The standard InChI is InChI=1S/C19H24O4/c1-14-7-9-16(10-8-14)19(21)23-18(11-12-22-13-20)17-6-4-3-5-15(17)2/h3-6,11-12,14,16,20H,2,7-10,13H2,1H3/b12-11-,18-17+. The second kappa shape index (κ2) is 8.53. The van der Waals surface area contributed by atoms with Crippen LogP contribution in [0.15, 0.2) is 36.6 Å². The summed E-state index contributed by atoms with van der Waals surface area (Å²) in [6.07, 6.45) is 6.73. The third-order valence-electron chi connectivity index (χ3n) is 4.23. The van der Waals surface area contributed by atoms with E-state index in [4.69, 9.17) is 14.6 Å². The van der Waals surface area contributed by atoms with Crippen molar-refractivity contribution in [2.75, 3.05) is 6.79 Å². The highest BCUT2D eigenvalue weighted by Gasteiger charge is 2.26. The highest BCUT2D eigenvalue weighted by atomic mass is 16.6. The summed E-state index contributed by atoms with van der Waals surface area (Å²) in [6, 6.07) is 7.44. The van der Waals surface area contributed by atoms with Crippen LogP contribution in [0.25, 0.3) is 12.3 Å². The topological polar surface area (TPSA) is 55.8 Å². The van der Waals surface area contributed by atoms with Crippen molar-refractivity contribution in [1.82, 2.24) is 0 Å². The van der Waals surface area contributed by atoms with Gasteiger partial charge in [-0.3, -0.25) is 4.79 Å². The van der Waals surface area contributed by atoms with Gasteiger partial charge in [0, 0.05) is 11.3 Å². The Morgan fingerprint density at radius 3 is 2.65 bits per heavy atom. The van der Waals surface area contributed by atoms with Gasteiger partial charge in [-0.05, 0) is 36.8 Å². The van der Waals surface area contributed by atoms with Crippen molar-refractivity contribution in [3.8, 4) is 0 Å². The van der Waals surface area contributed by atoms with E-state index in [0.29, 0.717) is 11.7 Å². The molecule has 1 fully saturated rings. The van der Waals surface area contributed by atoms with E-state index in [1.807, 2.05) is 24.3 Å². The first-order chi connectivity index (χ1) is 11.1. The number of hydrogen-bond acceptors (Lipinski definition) is 4. The Morgan fingerprint density at radius 2 is 2.00 bits per heavy atom. The first-order valence-electron chi connectivity index (χ1n) is 8.00. The van der Waals surface area contributed by atoms with E-state index in [1.54, 1.807) is 6.08 Å². The van der Waals surface area contributed by atoms with Gasteiger partial charge >= 0.3 is 5.97 Å². The largest absolute Gasteiger partial charge is 0.475 e. The summed E-state index contributed by atoms with van der Waals surface area (Å²) in [5.74, 6) is 0.822. The van der Waals surface area contributed by atoms with Crippen LogP contribution in [-0.4, -0.2) is 17.9 Å². The number of hydrogen-bond donors (Lipinski definition) is 1. The quantitative estimate of drug-likeness (QED) is 0.513. The fourth-order valence-corrected chi connectivity index (χ4v) is 2.78. The van der Waals surface area contributed by atoms with Gasteiger partial charge in [-0.25, -0.2) is 0 Å². The fourth-order valence-electron chi connectivity index (χ4n) is 2.78. The van der Waals surface area contributed by atoms with Crippen LogP contribution in [0.3, 0.4) is 0 Å². The van der Waals surface area contributed by atoms with E-state index < -0.39 is 6.79 Å². The molecule has 1 N–H and O–H groups in total. The van der Waals surface area contributed by atoms with Crippen LogP contribution in [0, 0.1) is 11.8 Å². The molecule has 0 aliphatic heterocycles. The number of carbonyl (C=O) groups excluding carboxylic acids is 1. The summed E-state index contributed by atoms with van der Waals surface area (Å²) >= 11 is 0. The van der Waals surface area contributed by atoms with Gasteiger partial charge in [0.2, 0.25) is 0 Å². The van der Waals surface area contributed by atoms with Gasteiger partial charge in [0.05, 0.1) is 12.2 Å². The van der Waals surface area contributed by atoms with Gasteiger partial charge in [-0.15, -0.1) is 0 Å². The fraction of sp³-hybridized carbons (Fsp3) is 0.421. The Balaban J connectivity index is 2.22. The van der Waals surface area contributed by atoms with E-state index in [9.17, 15) is 4.79 Å². The van der Waals surface area contributed by atoms with E-state index in [2.05, 4.69) is 13.5 Å². The van der Waals surface area contributed by atoms with Crippen molar-refractivity contribution in [3.63, 3.8) is 0 Å². The highest BCUT2D eigenvalue weighted by Crippen LogP contribution is 2.29. The molecule has 0 atom stereocenters. The molecule has 0 bridgehead atoms. The SMILES string of the molecule is C=c1cccc/c1=C(/C=C\OCO)OC(=O)C1CCC(C)CC1. The molecule has 2 rings (SSSR count). The molecule has 0 saturated heterocycles. The lowest BCUT2D eigenvalue weighted by atomic mass is 9.83. The number of aliphatic hydroxyl groups is 1. The van der Waals surface area contributed by atoms with Crippen LogP contribution in [0.2, 0.25) is 0 Å². The minimum Gasteiger partial charge on any atom is -0.475 e. The summed E-state index contributed by atoms with van der Waals surface area (Å²) in [7, 11) is 0. The number of carbonyl (C=O) groups is 1. The Morgan fingerprint density at radius 1 is 1.30 bits per heavy atom. The highest BCUT2D eigenvalue weighted by molar-refractivity contribution is 5.78. The van der Waals surface area contributed by atoms with Gasteiger partial charge in [-0.2, -0.15) is 0 Å². The normalized spacial score (nSPS) is 22.7. The summed E-state index contributed by atoms with van der Waals surface area (Å²) < 4.78 is 10.4. The molecule has 23 heavy (non-hydrogen) atoms. The summed E-state index contributed by atoms with van der Waals surface area (Å²) in [4.78, 5) is 12.4. The van der Waals surface area contributed by atoms with Gasteiger partial charge in [0.1, 0.15) is 5.76 Å². The predicted molar refractivity (Wildman–Crippen MR) is 89.1 cm³/mol. The van der Waals surface area contributed by atoms with Crippen LogP contribution >= 0.6 is 0 Å². The van der Waals surface area contributed by atoms with Gasteiger partial charge < -0.3 is 14.6 Å². The first kappa shape index (κ1) is 17.3. The second-order valence-corrected chi connectivity index (χ2v) is 6.00. The lowest BCUT2D eigenvalue weighted by Crippen LogP contribution is -2.28. The Bertz CT molecular complexity index is 654. The molecule has 1 aromatic carbocycles. The minimum absolute atomic E-state index is 0.0506. The van der Waals surface area contributed by atoms with Crippen molar-refractivity contribution in [1.29, 1.82) is 0 Å². The average Bonchev–Trinajstić information content (AvgIpc) is 2.55. The Labute approximate surface area is 136 Å². The van der Waals surface area contributed by atoms with Crippen LogP contribution in [0.1, 0.15) is 32.6 Å². The van der Waals surface area contributed by atoms with Crippen molar-refractivity contribution in [2.24, 2.45) is 11.8 Å². The minimum atomic E-state index is -0.426. The average molecular weight is 316 g/mol. The number of esters is 1. The van der Waals surface area contributed by atoms with E-state index in [0.717, 1.165) is 36.1 Å². The van der Waals surface area contributed by atoms with E-state index in [-0.39, 0.29) is 11.9 Å². The Kier molecular flexibility index (Phi) is 6.41. The summed E-state index contributed by atoms with van der Waals surface area (Å²) in [6.45, 7) is 5.75. The molecule has 0 spiro atoms. The molecule has 0 amide bonds. The maximum absolute atomic E-state index is 12.4.